The van der Waals surface area contributed by atoms with Crippen molar-refractivity contribution in [2.45, 2.75) is 13.8 Å². The van der Waals surface area contributed by atoms with E-state index in [1.54, 1.807) is 14.2 Å². The summed E-state index contributed by atoms with van der Waals surface area (Å²) >= 11 is 0. The van der Waals surface area contributed by atoms with Crippen LogP contribution in [0.5, 0.6) is 5.75 Å². The van der Waals surface area contributed by atoms with Crippen molar-refractivity contribution >= 4 is 5.69 Å². The molecule has 0 atom stereocenters. The minimum absolute atomic E-state index is 0.645. The Morgan fingerprint density at radius 3 is 2.40 bits per heavy atom. The summed E-state index contributed by atoms with van der Waals surface area (Å²) in [5.41, 5.74) is 2.48. The van der Waals surface area contributed by atoms with Crippen LogP contribution < -0.4 is 9.64 Å². The van der Waals surface area contributed by atoms with Gasteiger partial charge in [0.1, 0.15) is 5.75 Å². The molecule has 1 aromatic rings. The SMILES string of the molecule is C/C=C(\C=C/COC)CN(CC)c1ccc(OC)cc1. The highest BCUT2D eigenvalue weighted by molar-refractivity contribution is 5.50. The van der Waals surface area contributed by atoms with Gasteiger partial charge in [-0.25, -0.2) is 0 Å². The van der Waals surface area contributed by atoms with Gasteiger partial charge in [0.05, 0.1) is 13.7 Å². The molecule has 1 rings (SSSR count). The van der Waals surface area contributed by atoms with Crippen molar-refractivity contribution < 1.29 is 9.47 Å². The number of methoxy groups -OCH3 is 2. The van der Waals surface area contributed by atoms with E-state index in [9.17, 15) is 0 Å². The predicted octanol–water partition coefficient (Wildman–Crippen LogP) is 3.67. The number of nitrogens with zero attached hydrogens (tertiary/aromatic N) is 1. The highest BCUT2D eigenvalue weighted by atomic mass is 16.5. The first-order valence-corrected chi connectivity index (χ1v) is 6.94. The number of rotatable bonds is 8. The largest absolute Gasteiger partial charge is 0.497 e. The zero-order valence-electron chi connectivity index (χ0n) is 12.9. The van der Waals surface area contributed by atoms with Crippen molar-refractivity contribution in [2.75, 3.05) is 38.8 Å². The van der Waals surface area contributed by atoms with Gasteiger partial charge in [-0.3, -0.25) is 0 Å². The van der Waals surface area contributed by atoms with Crippen molar-refractivity contribution in [1.29, 1.82) is 0 Å². The third-order valence-corrected chi connectivity index (χ3v) is 3.16. The molecule has 0 radical (unpaired) electrons. The minimum atomic E-state index is 0.645. The molecule has 0 unspecified atom stereocenters. The Morgan fingerprint density at radius 1 is 1.20 bits per heavy atom. The third-order valence-electron chi connectivity index (χ3n) is 3.16. The Morgan fingerprint density at radius 2 is 1.90 bits per heavy atom. The Balaban J connectivity index is 2.74. The molecular weight excluding hydrogens is 250 g/mol. The normalized spacial score (nSPS) is 11.9. The number of likely N-dealkylation sites (N-methyl/N-ethyl adjacent to an activating group) is 1. The zero-order valence-corrected chi connectivity index (χ0v) is 12.9. The van der Waals surface area contributed by atoms with Gasteiger partial charge in [0.2, 0.25) is 0 Å². The van der Waals surface area contributed by atoms with Crippen LogP contribution in [-0.4, -0.2) is 33.9 Å². The van der Waals surface area contributed by atoms with E-state index in [1.165, 1.54) is 11.3 Å². The third kappa shape index (κ3) is 5.10. The number of benzene rings is 1. The molecular formula is C17H25NO2. The van der Waals surface area contributed by atoms with Crippen LogP contribution in [0.2, 0.25) is 0 Å². The second kappa shape index (κ2) is 9.21. The van der Waals surface area contributed by atoms with Gasteiger partial charge in [-0.1, -0.05) is 18.2 Å². The number of ether oxygens (including phenoxy) is 2. The zero-order chi connectivity index (χ0) is 14.8. The average Bonchev–Trinajstić information content (AvgIpc) is 2.51. The molecule has 110 valence electrons. The summed E-state index contributed by atoms with van der Waals surface area (Å²) in [4.78, 5) is 2.33. The maximum atomic E-state index is 5.20. The van der Waals surface area contributed by atoms with E-state index in [4.69, 9.17) is 9.47 Å². The molecule has 0 spiro atoms. The summed E-state index contributed by atoms with van der Waals surface area (Å²) in [6.45, 7) is 6.72. The topological polar surface area (TPSA) is 21.7 Å². The summed E-state index contributed by atoms with van der Waals surface area (Å²) < 4.78 is 10.2. The van der Waals surface area contributed by atoms with Crippen LogP contribution >= 0.6 is 0 Å². The highest BCUT2D eigenvalue weighted by Gasteiger charge is 2.05. The molecule has 0 aliphatic heterocycles. The fourth-order valence-electron chi connectivity index (χ4n) is 1.94. The van der Waals surface area contributed by atoms with Crippen molar-refractivity contribution in [2.24, 2.45) is 0 Å². The van der Waals surface area contributed by atoms with Crippen LogP contribution in [0.25, 0.3) is 0 Å². The summed E-state index contributed by atoms with van der Waals surface area (Å²) in [7, 11) is 3.39. The van der Waals surface area contributed by atoms with E-state index in [1.807, 2.05) is 18.2 Å². The molecule has 3 nitrogen and oxygen atoms in total. The molecule has 0 saturated heterocycles. The van der Waals surface area contributed by atoms with Crippen LogP contribution in [0.4, 0.5) is 5.69 Å². The summed E-state index contributed by atoms with van der Waals surface area (Å²) in [6, 6.07) is 8.17. The van der Waals surface area contributed by atoms with Crippen molar-refractivity contribution in [3.05, 3.63) is 48.1 Å². The number of allylic oxidation sites excluding steroid dienone is 1. The summed E-state index contributed by atoms with van der Waals surface area (Å²) in [5.74, 6) is 0.885. The maximum absolute atomic E-state index is 5.20. The molecule has 0 saturated carbocycles. The van der Waals surface area contributed by atoms with E-state index < -0.39 is 0 Å². The molecule has 3 heteroatoms. The first kappa shape index (κ1) is 16.3. The molecule has 20 heavy (non-hydrogen) atoms. The number of hydrogen-bond donors (Lipinski definition) is 0. The Bertz CT molecular complexity index is 435. The fourth-order valence-corrected chi connectivity index (χ4v) is 1.94. The minimum Gasteiger partial charge on any atom is -0.497 e. The molecule has 0 aliphatic carbocycles. The van der Waals surface area contributed by atoms with Crippen molar-refractivity contribution in [1.82, 2.24) is 0 Å². The van der Waals surface area contributed by atoms with E-state index >= 15 is 0 Å². The standard InChI is InChI=1S/C17H25NO2/c1-5-15(8-7-13-19-3)14-18(6-2)16-9-11-17(20-4)12-10-16/h5,7-12H,6,13-14H2,1-4H3/b8-7-,15-5+. The monoisotopic (exact) mass is 275 g/mol. The van der Waals surface area contributed by atoms with Gasteiger partial charge in [0.25, 0.3) is 0 Å². The van der Waals surface area contributed by atoms with Gasteiger partial charge in [0.15, 0.2) is 0 Å². The first-order chi connectivity index (χ1) is 9.74. The van der Waals surface area contributed by atoms with Gasteiger partial charge in [-0.05, 0) is 43.7 Å². The second-order valence-corrected chi connectivity index (χ2v) is 4.43. The Kier molecular flexibility index (Phi) is 7.51. The van der Waals surface area contributed by atoms with E-state index in [2.05, 4.69) is 43.0 Å². The smallest absolute Gasteiger partial charge is 0.119 e. The van der Waals surface area contributed by atoms with Crippen molar-refractivity contribution in [3.63, 3.8) is 0 Å². The summed E-state index contributed by atoms with van der Waals surface area (Å²) in [5, 5.41) is 0. The average molecular weight is 275 g/mol. The van der Waals surface area contributed by atoms with Crippen LogP contribution in [0.3, 0.4) is 0 Å². The molecule has 0 aromatic heterocycles. The predicted molar refractivity (Wildman–Crippen MR) is 85.7 cm³/mol. The van der Waals surface area contributed by atoms with E-state index in [0.717, 1.165) is 18.8 Å². The molecule has 0 fully saturated rings. The molecule has 0 heterocycles. The van der Waals surface area contributed by atoms with Crippen LogP contribution in [0.15, 0.2) is 48.1 Å². The molecule has 1 aromatic carbocycles. The van der Waals surface area contributed by atoms with Crippen LogP contribution in [0.1, 0.15) is 13.8 Å². The lowest BCUT2D eigenvalue weighted by Gasteiger charge is -2.24. The number of anilines is 1. The van der Waals surface area contributed by atoms with Gasteiger partial charge < -0.3 is 14.4 Å². The molecule has 0 amide bonds. The molecule has 0 N–H and O–H groups in total. The summed E-state index contributed by atoms with van der Waals surface area (Å²) in [6.07, 6.45) is 6.30. The Hall–Kier alpha value is -1.74. The van der Waals surface area contributed by atoms with Gasteiger partial charge in [0, 0.05) is 25.9 Å². The molecule has 0 aliphatic rings. The number of hydrogen-bond acceptors (Lipinski definition) is 3. The van der Waals surface area contributed by atoms with Crippen LogP contribution in [-0.2, 0) is 4.74 Å². The quantitative estimate of drug-likeness (QED) is 0.676. The van der Waals surface area contributed by atoms with Gasteiger partial charge in [-0.2, -0.15) is 0 Å². The van der Waals surface area contributed by atoms with Crippen LogP contribution in [0, 0.1) is 0 Å². The highest BCUT2D eigenvalue weighted by Crippen LogP contribution is 2.20. The Labute approximate surface area is 122 Å². The maximum Gasteiger partial charge on any atom is 0.119 e. The van der Waals surface area contributed by atoms with Gasteiger partial charge in [-0.15, -0.1) is 0 Å². The molecule has 0 bridgehead atoms. The van der Waals surface area contributed by atoms with E-state index in [-0.39, 0.29) is 0 Å². The fraction of sp³-hybridized carbons (Fsp3) is 0.412. The van der Waals surface area contributed by atoms with E-state index in [0.29, 0.717) is 6.61 Å². The van der Waals surface area contributed by atoms with Crippen molar-refractivity contribution in [3.8, 4) is 5.75 Å². The van der Waals surface area contributed by atoms with Gasteiger partial charge >= 0.3 is 0 Å². The lowest BCUT2D eigenvalue weighted by Crippen LogP contribution is -2.24. The first-order valence-electron chi connectivity index (χ1n) is 6.94. The lowest BCUT2D eigenvalue weighted by molar-refractivity contribution is 0.234. The lowest BCUT2D eigenvalue weighted by atomic mass is 10.2. The second-order valence-electron chi connectivity index (χ2n) is 4.43.